The highest BCUT2D eigenvalue weighted by atomic mass is 19.1. The molecule has 0 saturated carbocycles. The highest BCUT2D eigenvalue weighted by Crippen LogP contribution is 2.28. The molecule has 1 aromatic carbocycles. The summed E-state index contributed by atoms with van der Waals surface area (Å²) in [6, 6.07) is 7.20. The molecule has 0 bridgehead atoms. The lowest BCUT2D eigenvalue weighted by atomic mass is 10.1. The summed E-state index contributed by atoms with van der Waals surface area (Å²) in [4.78, 5) is 2.18. The maximum absolute atomic E-state index is 14.1. The van der Waals surface area contributed by atoms with Crippen molar-refractivity contribution in [2.45, 2.75) is 45.1 Å². The summed E-state index contributed by atoms with van der Waals surface area (Å²) in [5.74, 6) is -0.269. The molecule has 2 rings (SSSR count). The van der Waals surface area contributed by atoms with Gasteiger partial charge in [-0.2, -0.15) is 5.26 Å². The number of hydrogen-bond donors (Lipinski definition) is 0. The van der Waals surface area contributed by atoms with Crippen LogP contribution in [-0.4, -0.2) is 12.6 Å². The molecular weight excluding hydrogens is 227 g/mol. The molecule has 1 aliphatic heterocycles. The molecule has 0 aromatic heterocycles. The van der Waals surface area contributed by atoms with Crippen LogP contribution in [0, 0.1) is 17.1 Å². The summed E-state index contributed by atoms with van der Waals surface area (Å²) in [7, 11) is 0. The molecule has 1 unspecified atom stereocenters. The van der Waals surface area contributed by atoms with E-state index in [2.05, 4.69) is 11.8 Å². The molecule has 0 aliphatic carbocycles. The SMILES string of the molecule is CCC1CCCCCN1c1ccc(C#N)cc1F. The zero-order chi connectivity index (χ0) is 13.0. The van der Waals surface area contributed by atoms with Crippen LogP contribution in [0.15, 0.2) is 18.2 Å². The molecule has 1 aromatic rings. The van der Waals surface area contributed by atoms with Gasteiger partial charge in [-0.05, 0) is 37.5 Å². The number of nitriles is 1. The Bertz CT molecular complexity index is 450. The molecule has 1 saturated heterocycles. The molecule has 0 amide bonds. The molecule has 3 heteroatoms. The minimum atomic E-state index is -0.269. The summed E-state index contributed by atoms with van der Waals surface area (Å²) < 4.78 is 14.1. The van der Waals surface area contributed by atoms with Crippen LogP contribution in [0.3, 0.4) is 0 Å². The van der Waals surface area contributed by atoms with E-state index in [1.165, 1.54) is 18.9 Å². The van der Waals surface area contributed by atoms with Crippen molar-refractivity contribution in [3.05, 3.63) is 29.6 Å². The number of benzene rings is 1. The molecule has 0 radical (unpaired) electrons. The van der Waals surface area contributed by atoms with Crippen molar-refractivity contribution >= 4 is 5.69 Å². The minimum Gasteiger partial charge on any atom is -0.366 e. The lowest BCUT2D eigenvalue weighted by Gasteiger charge is -2.31. The Morgan fingerprint density at radius 1 is 1.39 bits per heavy atom. The smallest absolute Gasteiger partial charge is 0.147 e. The van der Waals surface area contributed by atoms with Crippen LogP contribution < -0.4 is 4.90 Å². The van der Waals surface area contributed by atoms with Crippen LogP contribution in [0.1, 0.15) is 44.6 Å². The quantitative estimate of drug-likeness (QED) is 0.792. The Morgan fingerprint density at radius 3 is 2.89 bits per heavy atom. The summed E-state index contributed by atoms with van der Waals surface area (Å²) in [5, 5.41) is 8.78. The van der Waals surface area contributed by atoms with Crippen LogP contribution in [0.5, 0.6) is 0 Å². The van der Waals surface area contributed by atoms with E-state index in [4.69, 9.17) is 5.26 Å². The van der Waals surface area contributed by atoms with Gasteiger partial charge in [-0.3, -0.25) is 0 Å². The van der Waals surface area contributed by atoms with Gasteiger partial charge in [-0.15, -0.1) is 0 Å². The van der Waals surface area contributed by atoms with Crippen LogP contribution in [-0.2, 0) is 0 Å². The van der Waals surface area contributed by atoms with Crippen LogP contribution in [0.2, 0.25) is 0 Å². The summed E-state index contributed by atoms with van der Waals surface area (Å²) in [6.45, 7) is 3.08. The first-order valence-electron chi connectivity index (χ1n) is 6.72. The fourth-order valence-electron chi connectivity index (χ4n) is 2.73. The van der Waals surface area contributed by atoms with Crippen molar-refractivity contribution in [3.8, 4) is 6.07 Å². The monoisotopic (exact) mass is 246 g/mol. The molecule has 1 aliphatic rings. The number of nitrogens with zero attached hydrogens (tertiary/aromatic N) is 2. The molecule has 96 valence electrons. The minimum absolute atomic E-state index is 0.269. The van der Waals surface area contributed by atoms with E-state index in [9.17, 15) is 4.39 Å². The largest absolute Gasteiger partial charge is 0.366 e. The van der Waals surface area contributed by atoms with E-state index in [-0.39, 0.29) is 5.82 Å². The first kappa shape index (κ1) is 12.9. The fourth-order valence-corrected chi connectivity index (χ4v) is 2.73. The third-order valence-electron chi connectivity index (χ3n) is 3.73. The van der Waals surface area contributed by atoms with E-state index >= 15 is 0 Å². The molecule has 2 nitrogen and oxygen atoms in total. The van der Waals surface area contributed by atoms with Crippen molar-refractivity contribution in [1.29, 1.82) is 5.26 Å². The Labute approximate surface area is 108 Å². The summed E-state index contributed by atoms with van der Waals surface area (Å²) >= 11 is 0. The van der Waals surface area contributed by atoms with Crippen LogP contribution in [0.4, 0.5) is 10.1 Å². The van der Waals surface area contributed by atoms with Gasteiger partial charge in [0.15, 0.2) is 0 Å². The Hall–Kier alpha value is -1.56. The van der Waals surface area contributed by atoms with Gasteiger partial charge < -0.3 is 4.90 Å². The van der Waals surface area contributed by atoms with Gasteiger partial charge in [0, 0.05) is 12.6 Å². The Kier molecular flexibility index (Phi) is 4.19. The van der Waals surface area contributed by atoms with Gasteiger partial charge >= 0.3 is 0 Å². The topological polar surface area (TPSA) is 27.0 Å². The zero-order valence-corrected chi connectivity index (χ0v) is 10.8. The highest BCUT2D eigenvalue weighted by Gasteiger charge is 2.22. The van der Waals surface area contributed by atoms with Crippen molar-refractivity contribution in [2.24, 2.45) is 0 Å². The predicted octanol–water partition coefficient (Wildman–Crippen LogP) is 3.86. The average molecular weight is 246 g/mol. The van der Waals surface area contributed by atoms with Crippen molar-refractivity contribution < 1.29 is 4.39 Å². The van der Waals surface area contributed by atoms with Gasteiger partial charge in [0.25, 0.3) is 0 Å². The number of halogens is 1. The molecule has 18 heavy (non-hydrogen) atoms. The van der Waals surface area contributed by atoms with Gasteiger partial charge in [0.05, 0.1) is 17.3 Å². The number of hydrogen-bond acceptors (Lipinski definition) is 2. The van der Waals surface area contributed by atoms with Gasteiger partial charge in [-0.1, -0.05) is 19.8 Å². The van der Waals surface area contributed by atoms with Crippen LogP contribution >= 0.6 is 0 Å². The number of rotatable bonds is 2. The first-order chi connectivity index (χ1) is 8.76. The number of anilines is 1. The fraction of sp³-hybridized carbons (Fsp3) is 0.533. The predicted molar refractivity (Wildman–Crippen MR) is 71.0 cm³/mol. The second kappa shape index (κ2) is 5.86. The van der Waals surface area contributed by atoms with Crippen LogP contribution in [0.25, 0.3) is 0 Å². The zero-order valence-electron chi connectivity index (χ0n) is 10.8. The van der Waals surface area contributed by atoms with Crippen molar-refractivity contribution in [3.63, 3.8) is 0 Å². The molecule has 1 atom stereocenters. The van der Waals surface area contributed by atoms with E-state index in [1.807, 2.05) is 6.07 Å². The first-order valence-corrected chi connectivity index (χ1v) is 6.72. The Balaban J connectivity index is 2.30. The summed E-state index contributed by atoms with van der Waals surface area (Å²) in [6.07, 6.45) is 5.75. The van der Waals surface area contributed by atoms with Gasteiger partial charge in [0.2, 0.25) is 0 Å². The maximum Gasteiger partial charge on any atom is 0.147 e. The molecule has 1 heterocycles. The highest BCUT2D eigenvalue weighted by molar-refractivity contribution is 5.52. The molecule has 1 fully saturated rings. The second-order valence-corrected chi connectivity index (χ2v) is 4.88. The molecule has 0 N–H and O–H groups in total. The average Bonchev–Trinajstić information content (AvgIpc) is 2.63. The third-order valence-corrected chi connectivity index (χ3v) is 3.73. The molecular formula is C15H19FN2. The van der Waals surface area contributed by atoms with E-state index in [0.29, 0.717) is 17.3 Å². The third kappa shape index (κ3) is 2.64. The lowest BCUT2D eigenvalue weighted by Crippen LogP contribution is -2.35. The van der Waals surface area contributed by atoms with E-state index in [1.54, 1.807) is 12.1 Å². The normalized spacial score (nSPS) is 20.3. The van der Waals surface area contributed by atoms with Gasteiger partial charge in [0.1, 0.15) is 5.82 Å². The van der Waals surface area contributed by atoms with E-state index in [0.717, 1.165) is 25.8 Å². The van der Waals surface area contributed by atoms with Gasteiger partial charge in [-0.25, -0.2) is 4.39 Å². The second-order valence-electron chi connectivity index (χ2n) is 4.88. The Morgan fingerprint density at radius 2 is 2.22 bits per heavy atom. The maximum atomic E-state index is 14.1. The van der Waals surface area contributed by atoms with Crippen molar-refractivity contribution in [2.75, 3.05) is 11.4 Å². The summed E-state index contributed by atoms with van der Waals surface area (Å²) in [5.41, 5.74) is 1.04. The van der Waals surface area contributed by atoms with E-state index < -0.39 is 0 Å². The molecule has 0 spiro atoms. The standard InChI is InChI=1S/C15H19FN2/c1-2-13-6-4-3-5-9-18(13)15-8-7-12(11-17)10-14(15)16/h7-8,10,13H,2-6,9H2,1H3. The van der Waals surface area contributed by atoms with Crippen molar-refractivity contribution in [1.82, 2.24) is 0 Å². The lowest BCUT2D eigenvalue weighted by molar-refractivity contribution is 0.540.